The molecule has 20 heavy (non-hydrogen) atoms. The quantitative estimate of drug-likeness (QED) is 0.812. The average molecular weight is 297 g/mol. The molecule has 0 saturated carbocycles. The van der Waals surface area contributed by atoms with E-state index in [1.165, 1.54) is 0 Å². The van der Waals surface area contributed by atoms with Crippen LogP contribution in [0.15, 0.2) is 24.3 Å². The van der Waals surface area contributed by atoms with E-state index in [1.807, 2.05) is 0 Å². The predicted molar refractivity (Wildman–Crippen MR) is 80.9 cm³/mol. The molecule has 110 valence electrons. The van der Waals surface area contributed by atoms with E-state index < -0.39 is 0 Å². The lowest BCUT2D eigenvalue weighted by atomic mass is 10.0. The van der Waals surface area contributed by atoms with Crippen LogP contribution in [-0.4, -0.2) is 24.9 Å². The monoisotopic (exact) mass is 296 g/mol. The van der Waals surface area contributed by atoms with Gasteiger partial charge in [-0.1, -0.05) is 38.3 Å². The molecule has 0 saturated heterocycles. The summed E-state index contributed by atoms with van der Waals surface area (Å²) < 4.78 is 0. The molecule has 1 aromatic carbocycles. The van der Waals surface area contributed by atoms with Crippen molar-refractivity contribution in [1.82, 2.24) is 10.6 Å². The zero-order valence-electron chi connectivity index (χ0n) is 11.9. The standard InChI is InChI=1S/C15H21ClN2O2/c1-3-11(4-2)9-17-14(19)10-18-15(20)12-5-7-13(16)8-6-12/h5-8,11H,3-4,9-10H2,1-2H3,(H,17,19)(H,18,20). The summed E-state index contributed by atoms with van der Waals surface area (Å²) in [7, 11) is 0. The maximum Gasteiger partial charge on any atom is 0.251 e. The number of carbonyl (C=O) groups is 2. The number of hydrogen-bond acceptors (Lipinski definition) is 2. The molecule has 0 atom stereocenters. The fourth-order valence-electron chi connectivity index (χ4n) is 1.76. The molecule has 2 amide bonds. The van der Waals surface area contributed by atoms with Crippen LogP contribution in [0.5, 0.6) is 0 Å². The van der Waals surface area contributed by atoms with E-state index >= 15 is 0 Å². The Bertz CT molecular complexity index is 442. The smallest absolute Gasteiger partial charge is 0.251 e. The van der Waals surface area contributed by atoms with Gasteiger partial charge in [-0.15, -0.1) is 0 Å². The number of halogens is 1. The van der Waals surface area contributed by atoms with Crippen LogP contribution in [0.1, 0.15) is 37.0 Å². The van der Waals surface area contributed by atoms with Gasteiger partial charge < -0.3 is 10.6 Å². The van der Waals surface area contributed by atoms with Crippen LogP contribution in [0.2, 0.25) is 5.02 Å². The predicted octanol–water partition coefficient (Wildman–Crippen LogP) is 2.62. The lowest BCUT2D eigenvalue weighted by Gasteiger charge is -2.13. The van der Waals surface area contributed by atoms with Gasteiger partial charge in [0.1, 0.15) is 0 Å². The third-order valence-corrected chi connectivity index (χ3v) is 3.51. The highest BCUT2D eigenvalue weighted by Crippen LogP contribution is 2.09. The number of hydrogen-bond donors (Lipinski definition) is 2. The molecule has 0 aliphatic carbocycles. The van der Waals surface area contributed by atoms with Gasteiger partial charge in [0.05, 0.1) is 6.54 Å². The van der Waals surface area contributed by atoms with E-state index in [0.29, 0.717) is 23.0 Å². The Labute approximate surface area is 124 Å². The minimum atomic E-state index is -0.278. The van der Waals surface area contributed by atoms with Crippen LogP contribution in [0.3, 0.4) is 0 Å². The summed E-state index contributed by atoms with van der Waals surface area (Å²) in [6.07, 6.45) is 2.07. The average Bonchev–Trinajstić information content (AvgIpc) is 2.46. The van der Waals surface area contributed by atoms with Crippen molar-refractivity contribution in [2.45, 2.75) is 26.7 Å². The molecule has 0 fully saturated rings. The second kappa shape index (κ2) is 8.59. The van der Waals surface area contributed by atoms with E-state index in [1.54, 1.807) is 24.3 Å². The van der Waals surface area contributed by atoms with Crippen LogP contribution < -0.4 is 10.6 Å². The number of rotatable bonds is 7. The molecule has 2 N–H and O–H groups in total. The first-order valence-corrected chi connectivity index (χ1v) is 7.25. The molecular weight excluding hydrogens is 276 g/mol. The number of benzene rings is 1. The van der Waals surface area contributed by atoms with Gasteiger partial charge >= 0.3 is 0 Å². The zero-order valence-corrected chi connectivity index (χ0v) is 12.7. The molecule has 0 aromatic heterocycles. The Kier molecular flexibility index (Phi) is 7.09. The largest absolute Gasteiger partial charge is 0.354 e. The van der Waals surface area contributed by atoms with Crippen molar-refractivity contribution < 1.29 is 9.59 Å². The minimum Gasteiger partial charge on any atom is -0.354 e. The van der Waals surface area contributed by atoms with Gasteiger partial charge in [0, 0.05) is 17.1 Å². The second-order valence-corrected chi connectivity index (χ2v) is 5.11. The van der Waals surface area contributed by atoms with Crippen LogP contribution in [0.4, 0.5) is 0 Å². The van der Waals surface area contributed by atoms with Crippen molar-refractivity contribution in [2.75, 3.05) is 13.1 Å². The highest BCUT2D eigenvalue weighted by molar-refractivity contribution is 6.30. The van der Waals surface area contributed by atoms with Crippen molar-refractivity contribution >= 4 is 23.4 Å². The van der Waals surface area contributed by atoms with Gasteiger partial charge in [0.2, 0.25) is 5.91 Å². The van der Waals surface area contributed by atoms with Crippen molar-refractivity contribution in [3.63, 3.8) is 0 Å². The van der Waals surface area contributed by atoms with Gasteiger partial charge in [-0.3, -0.25) is 9.59 Å². The Morgan fingerprint density at radius 2 is 1.70 bits per heavy atom. The number of carbonyl (C=O) groups excluding carboxylic acids is 2. The molecule has 0 aliphatic heterocycles. The maximum atomic E-state index is 11.8. The molecule has 0 aliphatic rings. The van der Waals surface area contributed by atoms with E-state index in [9.17, 15) is 9.59 Å². The molecule has 0 bridgehead atoms. The Morgan fingerprint density at radius 1 is 1.10 bits per heavy atom. The Balaban J connectivity index is 2.33. The van der Waals surface area contributed by atoms with E-state index in [-0.39, 0.29) is 18.4 Å². The fourth-order valence-corrected chi connectivity index (χ4v) is 1.89. The van der Waals surface area contributed by atoms with Crippen LogP contribution in [0, 0.1) is 5.92 Å². The maximum absolute atomic E-state index is 11.8. The number of nitrogens with one attached hydrogen (secondary N) is 2. The first-order valence-electron chi connectivity index (χ1n) is 6.87. The van der Waals surface area contributed by atoms with Crippen molar-refractivity contribution in [1.29, 1.82) is 0 Å². The molecular formula is C15H21ClN2O2. The van der Waals surface area contributed by atoms with Crippen LogP contribution in [-0.2, 0) is 4.79 Å². The van der Waals surface area contributed by atoms with E-state index in [2.05, 4.69) is 24.5 Å². The summed E-state index contributed by atoms with van der Waals surface area (Å²) in [5.74, 6) is 0.0458. The topological polar surface area (TPSA) is 58.2 Å². The Hall–Kier alpha value is -1.55. The first-order chi connectivity index (χ1) is 9.56. The van der Waals surface area contributed by atoms with Crippen molar-refractivity contribution in [3.8, 4) is 0 Å². The molecule has 0 heterocycles. The molecule has 1 rings (SSSR count). The normalized spacial score (nSPS) is 10.4. The molecule has 1 aromatic rings. The second-order valence-electron chi connectivity index (χ2n) is 4.68. The van der Waals surface area contributed by atoms with E-state index in [0.717, 1.165) is 12.8 Å². The van der Waals surface area contributed by atoms with Crippen LogP contribution >= 0.6 is 11.6 Å². The molecule has 0 unspecified atom stereocenters. The third-order valence-electron chi connectivity index (χ3n) is 3.26. The minimum absolute atomic E-state index is 0.0123. The third kappa shape index (κ3) is 5.61. The summed E-state index contributed by atoms with van der Waals surface area (Å²) in [5, 5.41) is 5.98. The first kappa shape index (κ1) is 16.5. The molecule has 0 spiro atoms. The van der Waals surface area contributed by atoms with Crippen molar-refractivity contribution in [3.05, 3.63) is 34.9 Å². The summed E-state index contributed by atoms with van der Waals surface area (Å²) in [4.78, 5) is 23.4. The van der Waals surface area contributed by atoms with Gasteiger partial charge in [0.15, 0.2) is 0 Å². The number of amides is 2. The van der Waals surface area contributed by atoms with Gasteiger partial charge in [-0.2, -0.15) is 0 Å². The van der Waals surface area contributed by atoms with Crippen LogP contribution in [0.25, 0.3) is 0 Å². The Morgan fingerprint density at radius 3 is 2.25 bits per heavy atom. The molecule has 5 heteroatoms. The van der Waals surface area contributed by atoms with Gasteiger partial charge in [0.25, 0.3) is 5.91 Å². The summed E-state index contributed by atoms with van der Waals surface area (Å²) in [6.45, 7) is 4.84. The summed E-state index contributed by atoms with van der Waals surface area (Å²) >= 11 is 5.75. The lowest BCUT2D eigenvalue weighted by Crippen LogP contribution is -2.38. The van der Waals surface area contributed by atoms with E-state index in [4.69, 9.17) is 11.6 Å². The summed E-state index contributed by atoms with van der Waals surface area (Å²) in [6, 6.07) is 6.53. The SMILES string of the molecule is CCC(CC)CNC(=O)CNC(=O)c1ccc(Cl)cc1. The summed E-state index contributed by atoms with van der Waals surface area (Å²) in [5.41, 5.74) is 0.488. The highest BCUT2D eigenvalue weighted by atomic mass is 35.5. The highest BCUT2D eigenvalue weighted by Gasteiger charge is 2.09. The van der Waals surface area contributed by atoms with Gasteiger partial charge in [-0.05, 0) is 30.2 Å². The molecule has 0 radical (unpaired) electrons. The van der Waals surface area contributed by atoms with Crippen molar-refractivity contribution in [2.24, 2.45) is 5.92 Å². The van der Waals surface area contributed by atoms with Gasteiger partial charge in [-0.25, -0.2) is 0 Å². The fraction of sp³-hybridized carbons (Fsp3) is 0.467. The molecule has 4 nitrogen and oxygen atoms in total. The lowest BCUT2D eigenvalue weighted by molar-refractivity contribution is -0.120. The zero-order chi connectivity index (χ0) is 15.0.